The van der Waals surface area contributed by atoms with E-state index >= 15 is 0 Å². The third-order valence-corrected chi connectivity index (χ3v) is 4.87. The van der Waals surface area contributed by atoms with Crippen LogP contribution in [0.5, 0.6) is 11.5 Å². The average molecular weight is 312 g/mol. The van der Waals surface area contributed by atoms with Gasteiger partial charge in [0, 0.05) is 5.41 Å². The molecule has 0 unspecified atom stereocenters. The number of aromatic hydroxyl groups is 2. The maximum absolute atomic E-state index is 10.6. The van der Waals surface area contributed by atoms with Gasteiger partial charge in [-0.25, -0.2) is 0 Å². The Labute approximate surface area is 135 Å². The molecule has 23 heavy (non-hydrogen) atoms. The van der Waals surface area contributed by atoms with E-state index in [1.54, 1.807) is 24.3 Å². The lowest BCUT2D eigenvalue weighted by Crippen LogP contribution is -2.35. The van der Waals surface area contributed by atoms with Crippen LogP contribution in [0.25, 0.3) is 0 Å². The predicted octanol–water partition coefficient (Wildman–Crippen LogP) is 3.50. The molecule has 0 aromatic heterocycles. The topological polar surface area (TPSA) is 66.8 Å². The van der Waals surface area contributed by atoms with E-state index in [0.717, 1.165) is 36.8 Å². The van der Waals surface area contributed by atoms with Gasteiger partial charge in [-0.3, -0.25) is 4.79 Å². The fourth-order valence-corrected chi connectivity index (χ4v) is 3.60. The molecule has 4 heteroatoms. The summed E-state index contributed by atoms with van der Waals surface area (Å²) in [4.78, 5) is 10.6. The SMILES string of the molecule is O=COC1CCC(c2ccc(O)cc2)(c2ccc(O)cc2)CC1. The van der Waals surface area contributed by atoms with Crippen LogP contribution in [0.15, 0.2) is 48.5 Å². The van der Waals surface area contributed by atoms with E-state index in [1.807, 2.05) is 24.3 Å². The maximum atomic E-state index is 10.6. The minimum absolute atomic E-state index is 0.0325. The molecule has 2 N–H and O–H groups in total. The molecular formula is C19H20O4. The summed E-state index contributed by atoms with van der Waals surface area (Å²) in [6, 6.07) is 14.6. The number of hydrogen-bond donors (Lipinski definition) is 2. The number of ether oxygens (including phenoxy) is 1. The quantitative estimate of drug-likeness (QED) is 0.848. The van der Waals surface area contributed by atoms with Crippen LogP contribution in [-0.2, 0) is 14.9 Å². The van der Waals surface area contributed by atoms with Gasteiger partial charge in [-0.1, -0.05) is 24.3 Å². The first-order valence-electron chi connectivity index (χ1n) is 7.82. The normalized spacial score (nSPS) is 17.6. The highest BCUT2D eigenvalue weighted by Gasteiger charge is 2.39. The summed E-state index contributed by atoms with van der Waals surface area (Å²) in [7, 11) is 0. The summed E-state index contributed by atoms with van der Waals surface area (Å²) in [5, 5.41) is 19.1. The molecule has 4 nitrogen and oxygen atoms in total. The lowest BCUT2D eigenvalue weighted by atomic mass is 9.64. The zero-order valence-corrected chi connectivity index (χ0v) is 12.8. The number of benzene rings is 2. The average Bonchev–Trinajstić information content (AvgIpc) is 2.57. The third kappa shape index (κ3) is 3.02. The lowest BCUT2D eigenvalue weighted by molar-refractivity contribution is -0.135. The smallest absolute Gasteiger partial charge is 0.293 e. The van der Waals surface area contributed by atoms with Gasteiger partial charge in [0.15, 0.2) is 0 Å². The summed E-state index contributed by atoms with van der Waals surface area (Å²) in [6.07, 6.45) is 3.25. The van der Waals surface area contributed by atoms with Gasteiger partial charge >= 0.3 is 0 Å². The fraction of sp³-hybridized carbons (Fsp3) is 0.316. The number of phenolic OH excluding ortho intramolecular Hbond substituents is 2. The van der Waals surface area contributed by atoms with Crippen molar-refractivity contribution in [3.8, 4) is 11.5 Å². The molecule has 120 valence electrons. The van der Waals surface area contributed by atoms with Crippen LogP contribution < -0.4 is 0 Å². The first-order chi connectivity index (χ1) is 11.1. The fourth-order valence-electron chi connectivity index (χ4n) is 3.60. The van der Waals surface area contributed by atoms with Crippen molar-refractivity contribution in [2.75, 3.05) is 0 Å². The molecule has 0 radical (unpaired) electrons. The Hall–Kier alpha value is -2.49. The standard InChI is InChI=1S/C19H20O4/c20-13-23-18-9-11-19(12-10-18,14-1-5-16(21)6-2-14)15-3-7-17(22)8-4-15/h1-8,13,18,21-22H,9-12H2. The van der Waals surface area contributed by atoms with Crippen molar-refractivity contribution in [1.29, 1.82) is 0 Å². The number of phenols is 2. The molecule has 0 bridgehead atoms. The molecule has 0 amide bonds. The molecule has 2 aromatic rings. The molecule has 1 aliphatic carbocycles. The highest BCUT2D eigenvalue weighted by atomic mass is 16.5. The number of carbonyl (C=O) groups is 1. The third-order valence-electron chi connectivity index (χ3n) is 4.87. The van der Waals surface area contributed by atoms with E-state index in [1.165, 1.54) is 0 Å². The Morgan fingerprint density at radius 1 is 0.870 bits per heavy atom. The van der Waals surface area contributed by atoms with Crippen molar-refractivity contribution in [2.45, 2.75) is 37.2 Å². The van der Waals surface area contributed by atoms with Crippen LogP contribution in [-0.4, -0.2) is 22.8 Å². The van der Waals surface area contributed by atoms with E-state index in [-0.39, 0.29) is 23.0 Å². The first-order valence-corrected chi connectivity index (χ1v) is 7.82. The van der Waals surface area contributed by atoms with Crippen LogP contribution in [0.4, 0.5) is 0 Å². The Kier molecular flexibility index (Phi) is 4.24. The predicted molar refractivity (Wildman–Crippen MR) is 86.4 cm³/mol. The molecular weight excluding hydrogens is 292 g/mol. The number of carbonyl (C=O) groups excluding carboxylic acids is 1. The molecule has 3 rings (SSSR count). The van der Waals surface area contributed by atoms with Crippen LogP contribution in [0.2, 0.25) is 0 Å². The van der Waals surface area contributed by atoms with Gasteiger partial charge < -0.3 is 14.9 Å². The van der Waals surface area contributed by atoms with E-state index in [9.17, 15) is 15.0 Å². The monoisotopic (exact) mass is 312 g/mol. The van der Waals surface area contributed by atoms with Crippen LogP contribution in [0, 0.1) is 0 Å². The zero-order valence-electron chi connectivity index (χ0n) is 12.8. The van der Waals surface area contributed by atoms with Gasteiger partial charge in [0.25, 0.3) is 6.47 Å². The van der Waals surface area contributed by atoms with E-state index in [4.69, 9.17) is 4.74 Å². The summed E-state index contributed by atoms with van der Waals surface area (Å²) < 4.78 is 5.13. The Bertz CT molecular complexity index is 605. The summed E-state index contributed by atoms with van der Waals surface area (Å²) in [6.45, 7) is 0.527. The molecule has 1 fully saturated rings. The highest BCUT2D eigenvalue weighted by molar-refractivity contribution is 5.44. The molecule has 0 spiro atoms. The van der Waals surface area contributed by atoms with Gasteiger partial charge in [-0.05, 0) is 61.1 Å². The van der Waals surface area contributed by atoms with Crippen molar-refractivity contribution in [3.05, 3.63) is 59.7 Å². The second-order valence-corrected chi connectivity index (χ2v) is 6.11. The van der Waals surface area contributed by atoms with Gasteiger partial charge in [0.05, 0.1) is 0 Å². The minimum atomic E-state index is -0.190. The van der Waals surface area contributed by atoms with E-state index < -0.39 is 0 Å². The summed E-state index contributed by atoms with van der Waals surface area (Å²) in [5.41, 5.74) is 2.07. The molecule has 0 saturated heterocycles. The zero-order chi connectivity index (χ0) is 16.3. The largest absolute Gasteiger partial charge is 0.508 e. The molecule has 0 heterocycles. The van der Waals surface area contributed by atoms with Crippen molar-refractivity contribution in [3.63, 3.8) is 0 Å². The van der Waals surface area contributed by atoms with Gasteiger partial charge in [-0.2, -0.15) is 0 Å². The van der Waals surface area contributed by atoms with E-state index in [2.05, 4.69) is 0 Å². The lowest BCUT2D eigenvalue weighted by Gasteiger charge is -2.40. The van der Waals surface area contributed by atoms with Gasteiger partial charge in [-0.15, -0.1) is 0 Å². The minimum Gasteiger partial charge on any atom is -0.508 e. The second-order valence-electron chi connectivity index (χ2n) is 6.11. The molecule has 0 atom stereocenters. The Balaban J connectivity index is 1.98. The van der Waals surface area contributed by atoms with Crippen molar-refractivity contribution in [2.24, 2.45) is 0 Å². The second kappa shape index (κ2) is 6.32. The summed E-state index contributed by atoms with van der Waals surface area (Å²) in [5.74, 6) is 0.486. The van der Waals surface area contributed by atoms with Crippen molar-refractivity contribution >= 4 is 6.47 Å². The van der Waals surface area contributed by atoms with Crippen LogP contribution in [0.1, 0.15) is 36.8 Å². The van der Waals surface area contributed by atoms with Crippen molar-refractivity contribution in [1.82, 2.24) is 0 Å². The highest BCUT2D eigenvalue weighted by Crippen LogP contribution is 2.46. The number of hydrogen-bond acceptors (Lipinski definition) is 4. The first kappa shape index (κ1) is 15.4. The Morgan fingerprint density at radius 2 is 1.30 bits per heavy atom. The van der Waals surface area contributed by atoms with Gasteiger partial charge in [0.2, 0.25) is 0 Å². The molecule has 1 aliphatic rings. The van der Waals surface area contributed by atoms with Crippen LogP contribution >= 0.6 is 0 Å². The molecule has 2 aromatic carbocycles. The van der Waals surface area contributed by atoms with Crippen LogP contribution in [0.3, 0.4) is 0 Å². The number of rotatable bonds is 4. The van der Waals surface area contributed by atoms with Gasteiger partial charge in [0.1, 0.15) is 17.6 Å². The maximum Gasteiger partial charge on any atom is 0.293 e. The molecule has 1 saturated carbocycles. The Morgan fingerprint density at radius 3 is 1.70 bits per heavy atom. The molecule has 0 aliphatic heterocycles. The van der Waals surface area contributed by atoms with Crippen molar-refractivity contribution < 1.29 is 19.7 Å². The summed E-state index contributed by atoms with van der Waals surface area (Å²) >= 11 is 0. The van der Waals surface area contributed by atoms with E-state index in [0.29, 0.717) is 6.47 Å².